The minimum atomic E-state index is -0.164. The smallest absolute Gasteiger partial charge is 0.0696 e. The van der Waals surface area contributed by atoms with Gasteiger partial charge in [0.15, 0.2) is 0 Å². The second-order valence-electron chi connectivity index (χ2n) is 8.95. The van der Waals surface area contributed by atoms with Gasteiger partial charge in [-0.05, 0) is 76.6 Å². The third kappa shape index (κ3) is 1.96. The van der Waals surface area contributed by atoms with E-state index in [1.807, 2.05) is 0 Å². The van der Waals surface area contributed by atoms with Gasteiger partial charge in [0.05, 0.1) is 5.41 Å². The van der Waals surface area contributed by atoms with Crippen LogP contribution in [0.4, 0.5) is 0 Å². The predicted octanol–water partition coefficient (Wildman–Crippen LogP) is 6.48. The zero-order valence-corrected chi connectivity index (χ0v) is 17.8. The maximum absolute atomic E-state index is 3.80. The van der Waals surface area contributed by atoms with Crippen molar-refractivity contribution in [1.29, 1.82) is 0 Å². The second-order valence-corrected chi connectivity index (χ2v) is 9.86. The van der Waals surface area contributed by atoms with Crippen LogP contribution in [0.1, 0.15) is 64.5 Å². The van der Waals surface area contributed by atoms with Gasteiger partial charge in [-0.2, -0.15) is 0 Å². The van der Waals surface area contributed by atoms with Crippen molar-refractivity contribution < 1.29 is 0 Å². The van der Waals surface area contributed by atoms with Crippen molar-refractivity contribution in [2.45, 2.75) is 36.5 Å². The van der Waals surface area contributed by atoms with Crippen molar-refractivity contribution in [3.8, 4) is 0 Å². The van der Waals surface area contributed by atoms with Crippen LogP contribution in [0, 0.1) is 0 Å². The number of nitrogens with one attached hydrogen (secondary N) is 1. The molecule has 2 heteroatoms. The molecule has 1 saturated carbocycles. The summed E-state index contributed by atoms with van der Waals surface area (Å²) in [7, 11) is 0. The van der Waals surface area contributed by atoms with Crippen molar-refractivity contribution >= 4 is 21.6 Å². The Bertz CT molecular complexity index is 1170. The van der Waals surface area contributed by atoms with Crippen LogP contribution in [0.25, 0.3) is 5.70 Å². The lowest BCUT2D eigenvalue weighted by atomic mass is 9.64. The molecule has 0 aromatic heterocycles. The summed E-state index contributed by atoms with van der Waals surface area (Å²) >= 11 is 3.80. The van der Waals surface area contributed by atoms with Crippen LogP contribution < -0.4 is 5.32 Å². The lowest BCUT2D eigenvalue weighted by Gasteiger charge is -2.38. The lowest BCUT2D eigenvalue weighted by Crippen LogP contribution is -2.33. The van der Waals surface area contributed by atoms with E-state index in [0.29, 0.717) is 11.8 Å². The van der Waals surface area contributed by atoms with Gasteiger partial charge in [0, 0.05) is 22.3 Å². The molecular weight excluding hydrogens is 418 g/mol. The summed E-state index contributed by atoms with van der Waals surface area (Å²) in [5, 5.41) is 3.80. The van der Waals surface area contributed by atoms with Gasteiger partial charge in [-0.25, -0.2) is 0 Å². The number of halogens is 1. The van der Waals surface area contributed by atoms with E-state index in [2.05, 4.69) is 88.0 Å². The van der Waals surface area contributed by atoms with Crippen LogP contribution in [0.5, 0.6) is 0 Å². The highest BCUT2D eigenvalue weighted by molar-refractivity contribution is 9.10. The Labute approximate surface area is 180 Å². The first-order chi connectivity index (χ1) is 14.3. The van der Waals surface area contributed by atoms with E-state index >= 15 is 0 Å². The molecule has 3 aliphatic carbocycles. The van der Waals surface area contributed by atoms with E-state index in [9.17, 15) is 0 Å². The van der Waals surface area contributed by atoms with Gasteiger partial charge in [0.1, 0.15) is 0 Å². The SMILES string of the molecule is Brc1ccc2c(c1)C1(C3=C2NCCC3)c2ccccc2C2CC2c2ccccc21. The Hall–Kier alpha value is -2.32. The predicted molar refractivity (Wildman–Crippen MR) is 121 cm³/mol. The quantitative estimate of drug-likeness (QED) is 0.422. The number of hydrogen-bond donors (Lipinski definition) is 1. The van der Waals surface area contributed by atoms with Crippen LogP contribution in [-0.4, -0.2) is 6.54 Å². The Morgan fingerprint density at radius 1 is 0.828 bits per heavy atom. The van der Waals surface area contributed by atoms with Gasteiger partial charge in [0.25, 0.3) is 0 Å². The molecule has 29 heavy (non-hydrogen) atoms. The minimum absolute atomic E-state index is 0.164. The topological polar surface area (TPSA) is 12.0 Å². The van der Waals surface area contributed by atoms with Crippen molar-refractivity contribution in [3.63, 3.8) is 0 Å². The van der Waals surface area contributed by atoms with Crippen LogP contribution in [0.2, 0.25) is 0 Å². The molecule has 1 spiro atoms. The van der Waals surface area contributed by atoms with Crippen LogP contribution in [0.3, 0.4) is 0 Å². The zero-order chi connectivity index (χ0) is 19.2. The molecule has 0 radical (unpaired) electrons. The van der Waals surface area contributed by atoms with Gasteiger partial charge in [0.2, 0.25) is 0 Å². The van der Waals surface area contributed by atoms with Crippen molar-refractivity contribution in [2.75, 3.05) is 6.54 Å². The van der Waals surface area contributed by atoms with E-state index in [0.717, 1.165) is 13.0 Å². The second kappa shape index (κ2) is 5.64. The molecule has 1 N–H and O–H groups in total. The molecule has 1 heterocycles. The highest BCUT2D eigenvalue weighted by Crippen LogP contribution is 2.66. The van der Waals surface area contributed by atoms with Crippen LogP contribution in [0.15, 0.2) is 76.8 Å². The summed E-state index contributed by atoms with van der Waals surface area (Å²) in [5.74, 6) is 1.34. The molecule has 4 aliphatic rings. The fourth-order valence-corrected chi connectivity index (χ4v) is 6.88. The average molecular weight is 440 g/mol. The minimum Gasteiger partial charge on any atom is -0.385 e. The molecule has 0 saturated heterocycles. The van der Waals surface area contributed by atoms with E-state index in [1.54, 1.807) is 16.7 Å². The van der Waals surface area contributed by atoms with Crippen LogP contribution in [-0.2, 0) is 5.41 Å². The number of benzene rings is 3. The van der Waals surface area contributed by atoms with Gasteiger partial charge in [-0.1, -0.05) is 70.5 Å². The van der Waals surface area contributed by atoms with Crippen molar-refractivity contribution in [3.05, 3.63) is 110 Å². The fourth-order valence-electron chi connectivity index (χ4n) is 6.52. The van der Waals surface area contributed by atoms with Gasteiger partial charge in [-0.15, -0.1) is 0 Å². The first-order valence-electron chi connectivity index (χ1n) is 10.8. The summed E-state index contributed by atoms with van der Waals surface area (Å²) in [4.78, 5) is 0. The standard InChI is InChI=1S/C27H22BrN/c28-16-11-12-19-25(14-16)27(24-10-5-13-29-26(19)24)22-8-3-1-6-17(22)20-15-21(20)18-7-2-4-9-23(18)27/h1-4,6-9,11-12,14,20-21,29H,5,10,13,15H2. The highest BCUT2D eigenvalue weighted by Gasteiger charge is 2.56. The van der Waals surface area contributed by atoms with Crippen LogP contribution >= 0.6 is 15.9 Å². The normalized spacial score (nSPS) is 27.9. The highest BCUT2D eigenvalue weighted by atomic mass is 79.9. The van der Waals surface area contributed by atoms with Gasteiger partial charge < -0.3 is 5.32 Å². The lowest BCUT2D eigenvalue weighted by molar-refractivity contribution is 0.631. The average Bonchev–Trinajstić information content (AvgIpc) is 3.52. The molecule has 3 aromatic carbocycles. The van der Waals surface area contributed by atoms with Gasteiger partial charge in [-0.3, -0.25) is 0 Å². The van der Waals surface area contributed by atoms with Gasteiger partial charge >= 0.3 is 0 Å². The Kier molecular flexibility index (Phi) is 3.20. The maximum Gasteiger partial charge on any atom is 0.0696 e. The Morgan fingerprint density at radius 2 is 1.52 bits per heavy atom. The molecular formula is C27H22BrN. The zero-order valence-electron chi connectivity index (χ0n) is 16.2. The molecule has 2 atom stereocenters. The summed E-state index contributed by atoms with van der Waals surface area (Å²) in [5.41, 5.74) is 11.8. The largest absolute Gasteiger partial charge is 0.385 e. The molecule has 7 rings (SSSR count). The van der Waals surface area contributed by atoms with E-state index in [4.69, 9.17) is 0 Å². The molecule has 2 unspecified atom stereocenters. The third-order valence-corrected chi connectivity index (χ3v) is 8.13. The van der Waals surface area contributed by atoms with Crippen molar-refractivity contribution in [2.24, 2.45) is 0 Å². The fraction of sp³-hybridized carbons (Fsp3) is 0.259. The summed E-state index contributed by atoms with van der Waals surface area (Å²) < 4.78 is 1.17. The Balaban J connectivity index is 1.70. The van der Waals surface area contributed by atoms with E-state index < -0.39 is 0 Å². The third-order valence-electron chi connectivity index (χ3n) is 7.63. The number of allylic oxidation sites excluding steroid dienone is 1. The molecule has 142 valence electrons. The monoisotopic (exact) mass is 439 g/mol. The van der Waals surface area contributed by atoms with Crippen molar-refractivity contribution in [1.82, 2.24) is 5.32 Å². The van der Waals surface area contributed by atoms with E-state index in [-0.39, 0.29) is 5.41 Å². The molecule has 3 aromatic rings. The maximum atomic E-state index is 3.80. The molecule has 1 aliphatic heterocycles. The summed E-state index contributed by atoms with van der Waals surface area (Å²) in [6, 6.07) is 25.5. The number of rotatable bonds is 0. The first kappa shape index (κ1) is 16.5. The molecule has 1 nitrogen and oxygen atoms in total. The number of hydrogen-bond acceptors (Lipinski definition) is 1. The Morgan fingerprint density at radius 3 is 2.24 bits per heavy atom. The molecule has 1 fully saturated rings. The number of fused-ring (bicyclic) bond motifs is 11. The first-order valence-corrected chi connectivity index (χ1v) is 11.6. The molecule has 0 amide bonds. The molecule has 0 bridgehead atoms. The summed E-state index contributed by atoms with van der Waals surface area (Å²) in [6.45, 7) is 1.07. The summed E-state index contributed by atoms with van der Waals surface area (Å²) in [6.07, 6.45) is 3.65. The van der Waals surface area contributed by atoms with E-state index in [1.165, 1.54) is 45.3 Å².